The molecule has 1 atom stereocenters. The van der Waals surface area contributed by atoms with Crippen molar-refractivity contribution in [2.45, 2.75) is 39.0 Å². The predicted molar refractivity (Wildman–Crippen MR) is 64.5 cm³/mol. The van der Waals surface area contributed by atoms with Crippen LogP contribution >= 0.6 is 0 Å². The second-order valence-electron chi connectivity index (χ2n) is 3.77. The molecule has 0 radical (unpaired) electrons. The predicted octanol–water partition coefficient (Wildman–Crippen LogP) is 4.62. The molecule has 0 heteroatoms. The summed E-state index contributed by atoms with van der Waals surface area (Å²) < 4.78 is 0. The summed E-state index contributed by atoms with van der Waals surface area (Å²) in [6, 6.07) is 8.73. The van der Waals surface area contributed by atoms with Crippen molar-refractivity contribution < 1.29 is 0 Å². The van der Waals surface area contributed by atoms with Gasteiger partial charge in [0.2, 0.25) is 0 Å². The lowest BCUT2D eigenvalue weighted by Crippen LogP contribution is -1.96. The third-order valence-corrected chi connectivity index (χ3v) is 2.75. The number of rotatable bonds is 5. The minimum absolute atomic E-state index is 0.722. The van der Waals surface area contributed by atoms with Crippen LogP contribution in [0.3, 0.4) is 0 Å². The van der Waals surface area contributed by atoms with Crippen molar-refractivity contribution >= 4 is 6.08 Å². The fraction of sp³-hybridized carbons (Fsp3) is 0.429. The lowest BCUT2D eigenvalue weighted by atomic mass is 9.91. The standard InChI is InChI=1S/C14H20/c1-4-8-13(6-3)14-10-7-9-12(5-2)11-14/h5,7,9-11,13H,2,4,6,8H2,1,3H3. The van der Waals surface area contributed by atoms with E-state index >= 15 is 0 Å². The molecule has 1 unspecified atom stereocenters. The highest BCUT2D eigenvalue weighted by molar-refractivity contribution is 5.48. The first-order chi connectivity index (χ1) is 6.81. The van der Waals surface area contributed by atoms with E-state index in [9.17, 15) is 0 Å². The summed E-state index contributed by atoms with van der Waals surface area (Å²) >= 11 is 0. The molecule has 0 aliphatic carbocycles. The Morgan fingerprint density at radius 2 is 2.14 bits per heavy atom. The van der Waals surface area contributed by atoms with Crippen LogP contribution in [0, 0.1) is 0 Å². The molecule has 0 fully saturated rings. The highest BCUT2D eigenvalue weighted by atomic mass is 14.1. The van der Waals surface area contributed by atoms with Crippen LogP contribution in [0.15, 0.2) is 30.8 Å². The zero-order valence-electron chi connectivity index (χ0n) is 9.29. The highest BCUT2D eigenvalue weighted by Gasteiger charge is 2.07. The molecule has 0 bridgehead atoms. The Balaban J connectivity index is 2.86. The number of hydrogen-bond donors (Lipinski definition) is 0. The van der Waals surface area contributed by atoms with Crippen molar-refractivity contribution in [2.24, 2.45) is 0 Å². The van der Waals surface area contributed by atoms with Crippen LogP contribution in [-0.4, -0.2) is 0 Å². The van der Waals surface area contributed by atoms with E-state index in [1.54, 1.807) is 0 Å². The molecule has 0 heterocycles. The van der Waals surface area contributed by atoms with E-state index in [1.807, 2.05) is 6.08 Å². The van der Waals surface area contributed by atoms with Gasteiger partial charge >= 0.3 is 0 Å². The van der Waals surface area contributed by atoms with Crippen molar-refractivity contribution in [3.05, 3.63) is 42.0 Å². The number of benzene rings is 1. The van der Waals surface area contributed by atoms with Gasteiger partial charge in [0, 0.05) is 0 Å². The average Bonchev–Trinajstić information content (AvgIpc) is 2.26. The Kier molecular flexibility index (Phi) is 4.45. The summed E-state index contributed by atoms with van der Waals surface area (Å²) in [4.78, 5) is 0. The summed E-state index contributed by atoms with van der Waals surface area (Å²) in [7, 11) is 0. The summed E-state index contributed by atoms with van der Waals surface area (Å²) in [5.41, 5.74) is 2.70. The van der Waals surface area contributed by atoms with Gasteiger partial charge in [-0.05, 0) is 29.9 Å². The molecule has 1 aromatic rings. The topological polar surface area (TPSA) is 0 Å². The molecule has 0 aromatic heterocycles. The van der Waals surface area contributed by atoms with Gasteiger partial charge in [-0.1, -0.05) is 57.2 Å². The SMILES string of the molecule is C=Cc1cccc(C(CC)CCC)c1. The first-order valence-electron chi connectivity index (χ1n) is 5.54. The van der Waals surface area contributed by atoms with Crippen LogP contribution < -0.4 is 0 Å². The molecule has 14 heavy (non-hydrogen) atoms. The van der Waals surface area contributed by atoms with Crippen LogP contribution in [0.5, 0.6) is 0 Å². The largest absolute Gasteiger partial charge is 0.0985 e. The third-order valence-electron chi connectivity index (χ3n) is 2.75. The quantitative estimate of drug-likeness (QED) is 0.632. The molecule has 76 valence electrons. The Hall–Kier alpha value is -1.04. The van der Waals surface area contributed by atoms with E-state index in [0.717, 1.165) is 5.92 Å². The maximum atomic E-state index is 3.80. The van der Waals surface area contributed by atoms with Gasteiger partial charge in [-0.2, -0.15) is 0 Å². The van der Waals surface area contributed by atoms with Gasteiger partial charge in [0.25, 0.3) is 0 Å². The molecule has 1 rings (SSSR count). The zero-order valence-corrected chi connectivity index (χ0v) is 9.29. The van der Waals surface area contributed by atoms with Crippen molar-refractivity contribution in [2.75, 3.05) is 0 Å². The molecule has 1 aromatic carbocycles. The normalized spacial score (nSPS) is 12.4. The van der Waals surface area contributed by atoms with Gasteiger partial charge in [0.1, 0.15) is 0 Å². The molecule has 0 N–H and O–H groups in total. The maximum absolute atomic E-state index is 3.80. The minimum Gasteiger partial charge on any atom is -0.0985 e. The molecular weight excluding hydrogens is 168 g/mol. The lowest BCUT2D eigenvalue weighted by Gasteiger charge is -2.14. The van der Waals surface area contributed by atoms with Crippen LogP contribution in [0.1, 0.15) is 50.2 Å². The van der Waals surface area contributed by atoms with Gasteiger partial charge < -0.3 is 0 Å². The second kappa shape index (κ2) is 5.64. The Morgan fingerprint density at radius 3 is 2.71 bits per heavy atom. The Morgan fingerprint density at radius 1 is 1.36 bits per heavy atom. The van der Waals surface area contributed by atoms with E-state index in [4.69, 9.17) is 0 Å². The molecule has 0 nitrogen and oxygen atoms in total. The molecular formula is C14H20. The Bertz CT molecular complexity index is 286. The average molecular weight is 188 g/mol. The molecule has 0 saturated heterocycles. The van der Waals surface area contributed by atoms with E-state index < -0.39 is 0 Å². The van der Waals surface area contributed by atoms with Crippen LogP contribution in [0.2, 0.25) is 0 Å². The van der Waals surface area contributed by atoms with Gasteiger partial charge in [-0.3, -0.25) is 0 Å². The maximum Gasteiger partial charge on any atom is -0.0164 e. The van der Waals surface area contributed by atoms with Gasteiger partial charge in [0.05, 0.1) is 0 Å². The minimum atomic E-state index is 0.722. The number of hydrogen-bond acceptors (Lipinski definition) is 0. The zero-order chi connectivity index (χ0) is 10.4. The van der Waals surface area contributed by atoms with Gasteiger partial charge in [0.15, 0.2) is 0 Å². The van der Waals surface area contributed by atoms with Gasteiger partial charge in [-0.15, -0.1) is 0 Å². The monoisotopic (exact) mass is 188 g/mol. The van der Waals surface area contributed by atoms with Crippen LogP contribution in [0.4, 0.5) is 0 Å². The van der Waals surface area contributed by atoms with Crippen molar-refractivity contribution in [1.82, 2.24) is 0 Å². The summed E-state index contributed by atoms with van der Waals surface area (Å²) in [6.07, 6.45) is 5.70. The summed E-state index contributed by atoms with van der Waals surface area (Å²) in [5, 5.41) is 0. The van der Waals surface area contributed by atoms with E-state index in [-0.39, 0.29) is 0 Å². The molecule has 0 spiro atoms. The van der Waals surface area contributed by atoms with E-state index in [0.29, 0.717) is 0 Å². The smallest absolute Gasteiger partial charge is 0.0164 e. The summed E-state index contributed by atoms with van der Waals surface area (Å²) in [6.45, 7) is 8.32. The van der Waals surface area contributed by atoms with Crippen molar-refractivity contribution in [3.8, 4) is 0 Å². The van der Waals surface area contributed by atoms with Crippen LogP contribution in [0.25, 0.3) is 6.08 Å². The van der Waals surface area contributed by atoms with Gasteiger partial charge in [-0.25, -0.2) is 0 Å². The fourth-order valence-corrected chi connectivity index (χ4v) is 1.89. The van der Waals surface area contributed by atoms with E-state index in [2.05, 4.69) is 44.7 Å². The first kappa shape index (κ1) is 11.0. The highest BCUT2D eigenvalue weighted by Crippen LogP contribution is 2.25. The van der Waals surface area contributed by atoms with Crippen molar-refractivity contribution in [3.63, 3.8) is 0 Å². The molecule has 0 amide bonds. The van der Waals surface area contributed by atoms with E-state index in [1.165, 1.54) is 30.4 Å². The molecule has 0 aliphatic heterocycles. The Labute approximate surface area is 87.7 Å². The van der Waals surface area contributed by atoms with Crippen molar-refractivity contribution in [1.29, 1.82) is 0 Å². The third kappa shape index (κ3) is 2.73. The lowest BCUT2D eigenvalue weighted by molar-refractivity contribution is 0.596. The fourth-order valence-electron chi connectivity index (χ4n) is 1.89. The summed E-state index contributed by atoms with van der Waals surface area (Å²) in [5.74, 6) is 0.722. The van der Waals surface area contributed by atoms with Crippen LogP contribution in [-0.2, 0) is 0 Å². The molecule has 0 aliphatic rings. The molecule has 0 saturated carbocycles. The first-order valence-corrected chi connectivity index (χ1v) is 5.54. The second-order valence-corrected chi connectivity index (χ2v) is 3.77.